The first kappa shape index (κ1) is 16.3. The lowest BCUT2D eigenvalue weighted by Gasteiger charge is -2.12. The first-order valence-corrected chi connectivity index (χ1v) is 6.07. The van der Waals surface area contributed by atoms with E-state index in [2.05, 4.69) is 27.1 Å². The normalized spacial score (nSPS) is 12.4. The zero-order valence-electron chi connectivity index (χ0n) is 10.6. The van der Waals surface area contributed by atoms with Gasteiger partial charge in [-0.1, -0.05) is 18.2 Å². The number of thiocarbonyl (C=S) groups is 1. The second kappa shape index (κ2) is 7.17. The molecule has 0 aromatic heterocycles. The molecule has 1 unspecified atom stereocenters. The fraction of sp³-hybridized carbons (Fsp3) is 0.385. The molecule has 1 aromatic rings. The summed E-state index contributed by atoms with van der Waals surface area (Å²) < 4.78 is 42.3. The summed E-state index contributed by atoms with van der Waals surface area (Å²) in [5.41, 5.74) is -0.319. The van der Waals surface area contributed by atoms with Gasteiger partial charge < -0.3 is 4.74 Å². The van der Waals surface area contributed by atoms with Crippen LogP contribution in [-0.2, 0) is 22.1 Å². The molecule has 0 saturated carbocycles. The van der Waals surface area contributed by atoms with E-state index in [0.717, 1.165) is 12.1 Å². The number of carbonyl (C=O) groups is 1. The number of nitrogens with zero attached hydrogens (tertiary/aromatic N) is 1. The number of halogens is 3. The van der Waals surface area contributed by atoms with Gasteiger partial charge in [-0.25, -0.2) is 4.99 Å². The molecule has 0 amide bonds. The average Bonchev–Trinajstić information content (AvgIpc) is 2.38. The molecule has 0 spiro atoms. The lowest BCUT2D eigenvalue weighted by molar-refractivity contribution is -0.141. The maximum Gasteiger partial charge on any atom is 0.416 e. The van der Waals surface area contributed by atoms with Crippen molar-refractivity contribution in [2.75, 3.05) is 7.11 Å². The Morgan fingerprint density at radius 3 is 2.75 bits per heavy atom. The van der Waals surface area contributed by atoms with E-state index in [1.807, 2.05) is 0 Å². The average molecular weight is 303 g/mol. The van der Waals surface area contributed by atoms with Crippen molar-refractivity contribution in [3.63, 3.8) is 0 Å². The molecule has 0 radical (unpaired) electrons. The van der Waals surface area contributed by atoms with Crippen molar-refractivity contribution in [2.24, 2.45) is 4.99 Å². The maximum atomic E-state index is 12.6. The molecule has 0 aliphatic carbocycles. The molecule has 3 nitrogen and oxygen atoms in total. The molecule has 0 bridgehead atoms. The van der Waals surface area contributed by atoms with Crippen molar-refractivity contribution in [2.45, 2.75) is 25.1 Å². The fourth-order valence-corrected chi connectivity index (χ4v) is 1.81. The molecule has 0 aliphatic rings. The van der Waals surface area contributed by atoms with Gasteiger partial charge in [-0.3, -0.25) is 4.79 Å². The largest absolute Gasteiger partial charge is 0.469 e. The Morgan fingerprint density at radius 2 is 2.20 bits per heavy atom. The van der Waals surface area contributed by atoms with Crippen molar-refractivity contribution in [3.8, 4) is 0 Å². The van der Waals surface area contributed by atoms with Crippen molar-refractivity contribution in [1.29, 1.82) is 0 Å². The zero-order valence-corrected chi connectivity index (χ0v) is 11.4. The Labute approximate surface area is 119 Å². The van der Waals surface area contributed by atoms with E-state index < -0.39 is 23.8 Å². The van der Waals surface area contributed by atoms with E-state index in [-0.39, 0.29) is 12.8 Å². The van der Waals surface area contributed by atoms with Crippen molar-refractivity contribution in [3.05, 3.63) is 35.4 Å². The Bertz CT molecular complexity index is 525. The summed E-state index contributed by atoms with van der Waals surface area (Å²) in [6, 6.07) is 4.29. The van der Waals surface area contributed by atoms with Gasteiger partial charge in [0.05, 0.1) is 30.3 Å². The molecule has 0 saturated heterocycles. The minimum Gasteiger partial charge on any atom is -0.469 e. The lowest BCUT2D eigenvalue weighted by Crippen LogP contribution is -2.16. The minimum absolute atomic E-state index is 0.0591. The Morgan fingerprint density at radius 1 is 1.50 bits per heavy atom. The van der Waals surface area contributed by atoms with Gasteiger partial charge in [0, 0.05) is 0 Å². The van der Waals surface area contributed by atoms with Gasteiger partial charge in [0.1, 0.15) is 0 Å². The molecule has 7 heteroatoms. The highest BCUT2D eigenvalue weighted by Gasteiger charge is 2.30. The summed E-state index contributed by atoms with van der Waals surface area (Å²) in [5.74, 6) is -0.504. The zero-order chi connectivity index (χ0) is 15.2. The smallest absolute Gasteiger partial charge is 0.416 e. The van der Waals surface area contributed by atoms with E-state index >= 15 is 0 Å². The third-order valence-corrected chi connectivity index (χ3v) is 2.70. The summed E-state index contributed by atoms with van der Waals surface area (Å²) in [7, 11) is 1.23. The predicted octanol–water partition coefficient (Wildman–Crippen LogP) is 3.28. The van der Waals surface area contributed by atoms with Gasteiger partial charge in [0.25, 0.3) is 0 Å². The molecule has 1 aromatic carbocycles. The van der Waals surface area contributed by atoms with Gasteiger partial charge in [0.15, 0.2) is 0 Å². The predicted molar refractivity (Wildman–Crippen MR) is 70.6 cm³/mol. The summed E-state index contributed by atoms with van der Waals surface area (Å²) in [4.78, 5) is 15.0. The van der Waals surface area contributed by atoms with Crippen molar-refractivity contribution >= 4 is 23.3 Å². The van der Waals surface area contributed by atoms with Gasteiger partial charge >= 0.3 is 12.1 Å². The van der Waals surface area contributed by atoms with Crippen LogP contribution in [0.4, 0.5) is 13.2 Å². The molecule has 0 fully saturated rings. The first-order valence-electron chi connectivity index (χ1n) is 5.66. The van der Waals surface area contributed by atoms with E-state index in [1.165, 1.54) is 13.2 Å². The molecule has 0 heterocycles. The molecular weight excluding hydrogens is 291 g/mol. The SMILES string of the molecule is COC(=O)CC(Cc1cccc(C(F)(F)F)c1)N=C=S. The van der Waals surface area contributed by atoms with Crippen LogP contribution in [0.15, 0.2) is 29.3 Å². The first-order chi connectivity index (χ1) is 9.36. The highest BCUT2D eigenvalue weighted by Crippen LogP contribution is 2.29. The molecule has 108 valence electrons. The van der Waals surface area contributed by atoms with E-state index in [9.17, 15) is 18.0 Å². The fourth-order valence-electron chi connectivity index (χ4n) is 1.66. The molecule has 1 rings (SSSR count). The molecule has 0 N–H and O–H groups in total. The molecular formula is C13H12F3NO2S. The Balaban J connectivity index is 2.88. The number of hydrogen-bond acceptors (Lipinski definition) is 4. The van der Waals surface area contributed by atoms with Gasteiger partial charge in [-0.2, -0.15) is 13.2 Å². The number of aliphatic imine (C=N–C) groups is 1. The second-order valence-corrected chi connectivity index (χ2v) is 4.24. The summed E-state index contributed by atoms with van der Waals surface area (Å²) in [6.45, 7) is 0. The number of rotatable bonds is 5. The van der Waals surface area contributed by atoms with Gasteiger partial charge in [0.2, 0.25) is 0 Å². The number of isothiocyanates is 1. The van der Waals surface area contributed by atoms with Crippen LogP contribution in [0.1, 0.15) is 17.5 Å². The standard InChI is InChI=1S/C13H12F3NO2S/c1-19-12(18)7-11(17-8-20)6-9-3-2-4-10(5-9)13(14,15)16/h2-5,11H,6-7H2,1H3. The topological polar surface area (TPSA) is 38.7 Å². The van der Waals surface area contributed by atoms with Crippen LogP contribution in [0.5, 0.6) is 0 Å². The summed E-state index contributed by atoms with van der Waals surface area (Å²) >= 11 is 4.47. The van der Waals surface area contributed by atoms with Crippen LogP contribution in [0.3, 0.4) is 0 Å². The van der Waals surface area contributed by atoms with Crippen LogP contribution in [-0.4, -0.2) is 24.3 Å². The van der Waals surface area contributed by atoms with Crippen molar-refractivity contribution < 1.29 is 22.7 Å². The number of methoxy groups -OCH3 is 1. The monoisotopic (exact) mass is 303 g/mol. The number of alkyl halides is 3. The number of esters is 1. The minimum atomic E-state index is -4.40. The molecule has 1 atom stereocenters. The van der Waals surface area contributed by atoms with E-state index in [1.54, 1.807) is 6.07 Å². The van der Waals surface area contributed by atoms with Crippen LogP contribution >= 0.6 is 12.2 Å². The van der Waals surface area contributed by atoms with E-state index in [0.29, 0.717) is 5.56 Å². The van der Waals surface area contributed by atoms with Gasteiger partial charge in [-0.05, 0) is 30.3 Å². The summed E-state index contributed by atoms with van der Waals surface area (Å²) in [6.07, 6.45) is -4.31. The third kappa shape index (κ3) is 5.11. The van der Waals surface area contributed by atoms with Gasteiger partial charge in [-0.15, -0.1) is 0 Å². The van der Waals surface area contributed by atoms with Crippen molar-refractivity contribution in [1.82, 2.24) is 0 Å². The summed E-state index contributed by atoms with van der Waals surface area (Å²) in [5, 5.41) is 2.14. The highest BCUT2D eigenvalue weighted by molar-refractivity contribution is 7.78. The Kier molecular flexibility index (Phi) is 5.85. The third-order valence-electron chi connectivity index (χ3n) is 2.59. The second-order valence-electron chi connectivity index (χ2n) is 4.06. The van der Waals surface area contributed by atoms with Crippen LogP contribution in [0.2, 0.25) is 0 Å². The number of carbonyl (C=O) groups excluding carboxylic acids is 1. The van der Waals surface area contributed by atoms with Crippen LogP contribution < -0.4 is 0 Å². The number of ether oxygens (including phenoxy) is 1. The van der Waals surface area contributed by atoms with E-state index in [4.69, 9.17) is 0 Å². The molecule has 20 heavy (non-hydrogen) atoms. The number of hydrogen-bond donors (Lipinski definition) is 0. The number of benzene rings is 1. The van der Waals surface area contributed by atoms with Crippen LogP contribution in [0.25, 0.3) is 0 Å². The molecule has 0 aliphatic heterocycles. The highest BCUT2D eigenvalue weighted by atomic mass is 32.1. The lowest BCUT2D eigenvalue weighted by atomic mass is 10.0. The maximum absolute atomic E-state index is 12.6. The Hall–Kier alpha value is -1.72. The van der Waals surface area contributed by atoms with Crippen LogP contribution in [0, 0.1) is 0 Å². The quantitative estimate of drug-likeness (QED) is 0.476.